The smallest absolute Gasteiger partial charge is 0.323 e. The van der Waals surface area contributed by atoms with Crippen LogP contribution in [0.15, 0.2) is 41.2 Å². The second-order valence-corrected chi connectivity index (χ2v) is 6.02. The Bertz CT molecular complexity index is 811. The molecule has 1 aromatic carbocycles. The summed E-state index contributed by atoms with van der Waals surface area (Å²) in [5.74, 6) is -1.18. The summed E-state index contributed by atoms with van der Waals surface area (Å²) < 4.78 is 15.2. The minimum Gasteiger partial charge on any atom is -0.497 e. The van der Waals surface area contributed by atoms with E-state index in [4.69, 9.17) is 13.9 Å². The molecule has 0 bridgehead atoms. The number of rotatable bonds is 9. The van der Waals surface area contributed by atoms with Crippen LogP contribution in [0, 0.1) is 0 Å². The van der Waals surface area contributed by atoms with Crippen molar-refractivity contribution in [3.63, 3.8) is 0 Å². The van der Waals surface area contributed by atoms with Crippen LogP contribution in [0.2, 0.25) is 0 Å². The van der Waals surface area contributed by atoms with Gasteiger partial charge in [-0.3, -0.25) is 14.4 Å². The number of carboxylic acids is 1. The summed E-state index contributed by atoms with van der Waals surface area (Å²) in [5.41, 5.74) is 0.890. The van der Waals surface area contributed by atoms with Crippen LogP contribution in [-0.4, -0.2) is 54.6 Å². The number of amides is 2. The Hall–Kier alpha value is -3.49. The van der Waals surface area contributed by atoms with Gasteiger partial charge in [-0.15, -0.1) is 0 Å². The molecule has 2 amide bonds. The van der Waals surface area contributed by atoms with Gasteiger partial charge >= 0.3 is 5.97 Å². The minimum atomic E-state index is -1.17. The van der Waals surface area contributed by atoms with Crippen LogP contribution in [0.4, 0.5) is 0 Å². The van der Waals surface area contributed by atoms with E-state index in [0.717, 1.165) is 4.90 Å². The molecule has 1 heterocycles. The SMILES string of the molecule is COc1cc(CN(CC(=O)O)C(=O)C(C)NC(=O)c2ccoc2)cc(OC)c1. The van der Waals surface area contributed by atoms with E-state index in [1.165, 1.54) is 39.7 Å². The van der Waals surface area contributed by atoms with Crippen molar-refractivity contribution in [3.05, 3.63) is 47.9 Å². The number of ether oxygens (including phenoxy) is 2. The molecule has 2 N–H and O–H groups in total. The van der Waals surface area contributed by atoms with Crippen LogP contribution in [0.25, 0.3) is 0 Å². The van der Waals surface area contributed by atoms with Crippen molar-refractivity contribution < 1.29 is 33.4 Å². The highest BCUT2D eigenvalue weighted by Gasteiger charge is 2.25. The second-order valence-electron chi connectivity index (χ2n) is 6.02. The fourth-order valence-corrected chi connectivity index (χ4v) is 2.56. The first-order valence-electron chi connectivity index (χ1n) is 8.39. The zero-order valence-electron chi connectivity index (χ0n) is 15.8. The zero-order valence-corrected chi connectivity index (χ0v) is 15.8. The molecule has 0 spiro atoms. The van der Waals surface area contributed by atoms with Crippen LogP contribution in [0.3, 0.4) is 0 Å². The molecule has 150 valence electrons. The molecule has 28 heavy (non-hydrogen) atoms. The van der Waals surface area contributed by atoms with E-state index in [-0.39, 0.29) is 12.1 Å². The van der Waals surface area contributed by atoms with Crippen molar-refractivity contribution in [2.45, 2.75) is 19.5 Å². The molecule has 2 rings (SSSR count). The number of carboxylic acid groups (broad SMARTS) is 1. The number of nitrogens with zero attached hydrogens (tertiary/aromatic N) is 1. The number of benzene rings is 1. The molecule has 1 atom stereocenters. The van der Waals surface area contributed by atoms with Gasteiger partial charge in [-0.2, -0.15) is 0 Å². The number of aliphatic carboxylic acids is 1. The maximum atomic E-state index is 12.8. The zero-order chi connectivity index (χ0) is 20.7. The quantitative estimate of drug-likeness (QED) is 0.666. The molecule has 2 aromatic rings. The number of carbonyl (C=O) groups excluding carboxylic acids is 2. The van der Waals surface area contributed by atoms with E-state index >= 15 is 0 Å². The monoisotopic (exact) mass is 390 g/mol. The highest BCUT2D eigenvalue weighted by molar-refractivity contribution is 5.97. The van der Waals surface area contributed by atoms with Gasteiger partial charge in [-0.25, -0.2) is 0 Å². The molecule has 1 unspecified atom stereocenters. The Labute approximate surface area is 161 Å². The Kier molecular flexibility index (Phi) is 7.02. The lowest BCUT2D eigenvalue weighted by Gasteiger charge is -2.25. The van der Waals surface area contributed by atoms with E-state index < -0.39 is 30.4 Å². The van der Waals surface area contributed by atoms with Crippen molar-refractivity contribution in [2.75, 3.05) is 20.8 Å². The average molecular weight is 390 g/mol. The molecule has 0 saturated heterocycles. The summed E-state index contributed by atoms with van der Waals surface area (Å²) in [6, 6.07) is 5.55. The topological polar surface area (TPSA) is 118 Å². The van der Waals surface area contributed by atoms with E-state index in [0.29, 0.717) is 17.1 Å². The third-order valence-corrected chi connectivity index (χ3v) is 3.92. The van der Waals surface area contributed by atoms with Gasteiger partial charge in [0.05, 0.1) is 26.0 Å². The van der Waals surface area contributed by atoms with E-state index in [1.54, 1.807) is 18.2 Å². The molecule has 0 aliphatic carbocycles. The van der Waals surface area contributed by atoms with Gasteiger partial charge in [0.2, 0.25) is 5.91 Å². The molecular weight excluding hydrogens is 368 g/mol. The first-order chi connectivity index (χ1) is 13.3. The van der Waals surface area contributed by atoms with Gasteiger partial charge in [-0.1, -0.05) is 0 Å². The van der Waals surface area contributed by atoms with Gasteiger partial charge in [0.25, 0.3) is 5.91 Å². The number of hydrogen-bond acceptors (Lipinski definition) is 6. The fourth-order valence-electron chi connectivity index (χ4n) is 2.56. The molecule has 0 fully saturated rings. The summed E-state index contributed by atoms with van der Waals surface area (Å²) in [7, 11) is 2.98. The van der Waals surface area contributed by atoms with Gasteiger partial charge < -0.3 is 29.2 Å². The van der Waals surface area contributed by atoms with E-state index in [2.05, 4.69) is 5.32 Å². The van der Waals surface area contributed by atoms with Gasteiger partial charge in [0, 0.05) is 12.6 Å². The van der Waals surface area contributed by atoms with Crippen molar-refractivity contribution in [2.24, 2.45) is 0 Å². The number of carbonyl (C=O) groups is 3. The number of hydrogen-bond donors (Lipinski definition) is 2. The summed E-state index contributed by atoms with van der Waals surface area (Å²) >= 11 is 0. The standard InChI is InChI=1S/C19H22N2O7/c1-12(20-18(24)14-4-5-28-11-14)19(25)21(10-17(22)23)9-13-6-15(26-2)8-16(7-13)27-3/h4-8,11-12H,9-10H2,1-3H3,(H,20,24)(H,22,23). The Balaban J connectivity index is 2.16. The minimum absolute atomic E-state index is 0.00458. The normalized spacial score (nSPS) is 11.4. The summed E-state index contributed by atoms with van der Waals surface area (Å²) in [5, 5.41) is 11.7. The van der Waals surface area contributed by atoms with E-state index in [9.17, 15) is 19.5 Å². The lowest BCUT2D eigenvalue weighted by molar-refractivity contribution is -0.145. The summed E-state index contributed by atoms with van der Waals surface area (Å²) in [6.07, 6.45) is 2.60. The molecule has 0 aliphatic heterocycles. The van der Waals surface area contributed by atoms with Crippen LogP contribution in [0.1, 0.15) is 22.8 Å². The molecule has 9 nitrogen and oxygen atoms in total. The summed E-state index contributed by atoms with van der Waals surface area (Å²) in [6.45, 7) is 0.968. The molecule has 9 heteroatoms. The molecule has 0 saturated carbocycles. The second kappa shape index (κ2) is 9.45. The van der Waals surface area contributed by atoms with Crippen molar-refractivity contribution in [1.29, 1.82) is 0 Å². The summed E-state index contributed by atoms with van der Waals surface area (Å²) in [4.78, 5) is 37.2. The van der Waals surface area contributed by atoms with Crippen LogP contribution in [0.5, 0.6) is 11.5 Å². The van der Waals surface area contributed by atoms with Gasteiger partial charge in [-0.05, 0) is 30.7 Å². The van der Waals surface area contributed by atoms with Crippen molar-refractivity contribution in [3.8, 4) is 11.5 Å². The fraction of sp³-hybridized carbons (Fsp3) is 0.316. The van der Waals surface area contributed by atoms with Crippen LogP contribution < -0.4 is 14.8 Å². The maximum Gasteiger partial charge on any atom is 0.323 e. The predicted octanol–water partition coefficient (Wildman–Crippen LogP) is 1.53. The van der Waals surface area contributed by atoms with Crippen molar-refractivity contribution >= 4 is 17.8 Å². The molecule has 1 aromatic heterocycles. The maximum absolute atomic E-state index is 12.8. The predicted molar refractivity (Wildman–Crippen MR) is 98.2 cm³/mol. The first kappa shape index (κ1) is 20.8. The largest absolute Gasteiger partial charge is 0.497 e. The lowest BCUT2D eigenvalue weighted by atomic mass is 10.1. The van der Waals surface area contributed by atoms with Crippen LogP contribution in [-0.2, 0) is 16.1 Å². The lowest BCUT2D eigenvalue weighted by Crippen LogP contribution is -2.48. The Morgan fingerprint density at radius 3 is 2.32 bits per heavy atom. The van der Waals surface area contributed by atoms with Gasteiger partial charge in [0.1, 0.15) is 30.3 Å². The van der Waals surface area contributed by atoms with Crippen molar-refractivity contribution in [1.82, 2.24) is 10.2 Å². The number of nitrogens with one attached hydrogen (secondary N) is 1. The third kappa shape index (κ3) is 5.50. The van der Waals surface area contributed by atoms with Crippen LogP contribution >= 0.6 is 0 Å². The number of furan rings is 1. The Morgan fingerprint density at radius 1 is 1.18 bits per heavy atom. The molecule has 0 aliphatic rings. The first-order valence-corrected chi connectivity index (χ1v) is 8.39. The van der Waals surface area contributed by atoms with Gasteiger partial charge in [0.15, 0.2) is 0 Å². The Morgan fingerprint density at radius 2 is 1.82 bits per heavy atom. The highest BCUT2D eigenvalue weighted by Crippen LogP contribution is 2.23. The van der Waals surface area contributed by atoms with E-state index in [1.807, 2.05) is 0 Å². The third-order valence-electron chi connectivity index (χ3n) is 3.92. The molecule has 0 radical (unpaired) electrons. The highest BCUT2D eigenvalue weighted by atomic mass is 16.5. The number of methoxy groups -OCH3 is 2. The molecular formula is C19H22N2O7. The average Bonchev–Trinajstić information content (AvgIpc) is 3.21.